The molecule has 0 amide bonds. The third-order valence-corrected chi connectivity index (χ3v) is 14.1. The lowest BCUT2D eigenvalue weighted by molar-refractivity contribution is 0.361. The van der Waals surface area contributed by atoms with Crippen LogP contribution < -0.4 is 14.4 Å². The fourth-order valence-corrected chi connectivity index (χ4v) is 11.5. The van der Waals surface area contributed by atoms with Crippen LogP contribution in [0.1, 0.15) is 65.6 Å². The molecule has 5 aliphatic rings. The van der Waals surface area contributed by atoms with E-state index in [0.717, 1.165) is 41.2 Å². The van der Waals surface area contributed by atoms with Gasteiger partial charge in [-0.15, -0.1) is 0 Å². The molecule has 1 spiro atoms. The van der Waals surface area contributed by atoms with Gasteiger partial charge >= 0.3 is 0 Å². The van der Waals surface area contributed by atoms with Crippen LogP contribution in [0.3, 0.4) is 0 Å². The summed E-state index contributed by atoms with van der Waals surface area (Å²) in [5, 5.41) is 0. The quantitative estimate of drug-likeness (QED) is 0.177. The summed E-state index contributed by atoms with van der Waals surface area (Å²) >= 11 is 0. The number of nitrogens with zero attached hydrogens (tertiary/aromatic N) is 1. The molecule has 0 bridgehead atoms. The fourth-order valence-electron chi connectivity index (χ4n) is 11.5. The van der Waals surface area contributed by atoms with Crippen LogP contribution in [0.15, 0.2) is 194 Å². The second-order valence-corrected chi connectivity index (χ2v) is 17.5. The lowest BCUT2D eigenvalue weighted by Gasteiger charge is -2.32. The van der Waals surface area contributed by atoms with Crippen LogP contribution in [0.2, 0.25) is 0 Å². The molecule has 0 saturated carbocycles. The number of benzene rings is 8. The van der Waals surface area contributed by atoms with Gasteiger partial charge in [0.25, 0.3) is 0 Å². The summed E-state index contributed by atoms with van der Waals surface area (Å²) in [5.74, 6) is 2.86. The molecule has 0 radical (unpaired) electrons. The molecular weight excluding hydrogens is 743 g/mol. The van der Waals surface area contributed by atoms with Crippen molar-refractivity contribution < 1.29 is 9.47 Å². The van der Waals surface area contributed by atoms with Crippen molar-refractivity contribution in [3.8, 4) is 45.3 Å². The van der Waals surface area contributed by atoms with Crippen molar-refractivity contribution in [2.75, 3.05) is 4.90 Å². The molecule has 0 N–H and O–H groups in total. The van der Waals surface area contributed by atoms with Gasteiger partial charge in [0.15, 0.2) is 23.0 Å². The number of fused-ring (bicyclic) bond motifs is 15. The molecule has 0 aromatic heterocycles. The van der Waals surface area contributed by atoms with E-state index in [9.17, 15) is 0 Å². The molecule has 61 heavy (non-hydrogen) atoms. The highest BCUT2D eigenvalue weighted by molar-refractivity contribution is 5.98. The molecule has 3 heteroatoms. The molecule has 0 fully saturated rings. The zero-order valence-corrected chi connectivity index (χ0v) is 34.1. The monoisotopic (exact) mass is 783 g/mol. The highest BCUT2D eigenvalue weighted by Gasteiger charge is 2.53. The van der Waals surface area contributed by atoms with E-state index in [-0.39, 0.29) is 5.41 Å². The summed E-state index contributed by atoms with van der Waals surface area (Å²) in [6, 6.07) is 65.9. The molecule has 1 aliphatic heterocycles. The minimum absolute atomic E-state index is 0.00697. The first kappa shape index (κ1) is 34.5. The van der Waals surface area contributed by atoms with Crippen molar-refractivity contribution in [2.45, 2.75) is 37.5 Å². The first-order chi connectivity index (χ1) is 30.0. The minimum Gasteiger partial charge on any atom is -0.449 e. The summed E-state index contributed by atoms with van der Waals surface area (Å²) in [6.07, 6.45) is 4.56. The van der Waals surface area contributed by atoms with E-state index in [1.807, 2.05) is 6.07 Å². The predicted molar refractivity (Wildman–Crippen MR) is 248 cm³/mol. The van der Waals surface area contributed by atoms with Gasteiger partial charge in [0.1, 0.15) is 0 Å². The second-order valence-electron chi connectivity index (χ2n) is 17.5. The van der Waals surface area contributed by atoms with Crippen molar-refractivity contribution in [1.82, 2.24) is 0 Å². The van der Waals surface area contributed by atoms with Crippen molar-refractivity contribution in [1.29, 1.82) is 0 Å². The van der Waals surface area contributed by atoms with Gasteiger partial charge < -0.3 is 14.4 Å². The Morgan fingerprint density at radius 1 is 0.443 bits per heavy atom. The van der Waals surface area contributed by atoms with E-state index in [4.69, 9.17) is 9.47 Å². The molecule has 0 saturated heterocycles. The second kappa shape index (κ2) is 12.6. The minimum atomic E-state index is -0.457. The van der Waals surface area contributed by atoms with Crippen molar-refractivity contribution >= 4 is 28.2 Å². The number of rotatable bonds is 4. The largest absolute Gasteiger partial charge is 0.449 e. The van der Waals surface area contributed by atoms with Crippen LogP contribution in [-0.2, 0) is 10.8 Å². The van der Waals surface area contributed by atoms with Crippen molar-refractivity contribution in [2.24, 2.45) is 0 Å². The molecule has 0 unspecified atom stereocenters. The average Bonchev–Trinajstić information content (AvgIpc) is 3.88. The van der Waals surface area contributed by atoms with E-state index >= 15 is 0 Å². The Hall–Kier alpha value is -7.36. The van der Waals surface area contributed by atoms with Gasteiger partial charge in [0, 0.05) is 22.4 Å². The molecule has 0 atom stereocenters. The maximum Gasteiger partial charge on any atom is 0.194 e. The van der Waals surface area contributed by atoms with Gasteiger partial charge in [0.05, 0.1) is 11.1 Å². The van der Waals surface area contributed by atoms with Crippen molar-refractivity contribution in [3.05, 3.63) is 233 Å². The molecular formula is C58H41NO2. The van der Waals surface area contributed by atoms with Crippen LogP contribution in [0.4, 0.5) is 17.1 Å². The van der Waals surface area contributed by atoms with E-state index in [1.165, 1.54) is 72.4 Å². The summed E-state index contributed by atoms with van der Waals surface area (Å²) < 4.78 is 14.2. The molecule has 8 aromatic carbocycles. The molecule has 8 aromatic rings. The maximum atomic E-state index is 7.13. The number of para-hydroxylation sites is 2. The Labute approximate surface area is 356 Å². The average molecular weight is 784 g/mol. The van der Waals surface area contributed by atoms with E-state index in [0.29, 0.717) is 17.2 Å². The third-order valence-electron chi connectivity index (χ3n) is 14.1. The van der Waals surface area contributed by atoms with Crippen molar-refractivity contribution in [3.63, 3.8) is 0 Å². The Morgan fingerprint density at radius 3 is 1.74 bits per heavy atom. The van der Waals surface area contributed by atoms with Crippen LogP contribution >= 0.6 is 0 Å². The number of anilines is 3. The Morgan fingerprint density at radius 2 is 1.02 bits per heavy atom. The fraction of sp³-hybridized carbons (Fsp3) is 0.103. The Bertz CT molecular complexity index is 3180. The summed E-state index contributed by atoms with van der Waals surface area (Å²) in [6.45, 7) is 4.74. The van der Waals surface area contributed by atoms with Crippen LogP contribution in [-0.4, -0.2) is 0 Å². The van der Waals surface area contributed by atoms with Crippen LogP contribution in [0.25, 0.3) is 33.4 Å². The smallest absolute Gasteiger partial charge is 0.194 e. The lowest BCUT2D eigenvalue weighted by Crippen LogP contribution is -2.25. The van der Waals surface area contributed by atoms with E-state index in [1.54, 1.807) is 0 Å². The van der Waals surface area contributed by atoms with Crippen LogP contribution in [0.5, 0.6) is 23.0 Å². The highest BCUT2D eigenvalue weighted by Crippen LogP contribution is 2.67. The predicted octanol–water partition coefficient (Wildman–Crippen LogP) is 15.3. The topological polar surface area (TPSA) is 21.7 Å². The van der Waals surface area contributed by atoms with Gasteiger partial charge in [0.2, 0.25) is 0 Å². The lowest BCUT2D eigenvalue weighted by atomic mass is 9.70. The number of hydrogen-bond donors (Lipinski definition) is 0. The molecule has 3 nitrogen and oxygen atoms in total. The van der Waals surface area contributed by atoms with E-state index < -0.39 is 5.41 Å². The molecule has 290 valence electrons. The molecule has 1 heterocycles. The van der Waals surface area contributed by atoms with Gasteiger partial charge in [-0.2, -0.15) is 0 Å². The number of ether oxygens (including phenoxy) is 2. The van der Waals surface area contributed by atoms with Gasteiger partial charge in [-0.1, -0.05) is 159 Å². The molecule has 13 rings (SSSR count). The number of hydrogen-bond acceptors (Lipinski definition) is 3. The normalized spacial score (nSPS) is 16.1. The number of allylic oxidation sites excluding steroid dienone is 4. The Kier molecular flexibility index (Phi) is 7.11. The van der Waals surface area contributed by atoms with E-state index in [2.05, 4.69) is 201 Å². The summed E-state index contributed by atoms with van der Waals surface area (Å²) in [4.78, 5) is 2.29. The summed E-state index contributed by atoms with van der Waals surface area (Å²) in [7, 11) is 0. The zero-order chi connectivity index (χ0) is 40.5. The van der Waals surface area contributed by atoms with Gasteiger partial charge in [-0.25, -0.2) is 0 Å². The SMILES string of the molecule is CC1(C)C2=C(CCC(c3ccc(N(c4ccccc4)c4cccc5c4Oc4ccc6c(c4O5)-c4ccccc4C64c5ccccc5-c5ccccc54)cc3)=C2)c2ccccc21. The van der Waals surface area contributed by atoms with Gasteiger partial charge in [-0.05, 0) is 128 Å². The first-order valence-electron chi connectivity index (χ1n) is 21.5. The summed E-state index contributed by atoms with van der Waals surface area (Å²) in [5.41, 5.74) is 21.0. The maximum absolute atomic E-state index is 7.13. The highest BCUT2D eigenvalue weighted by atomic mass is 16.6. The Balaban J connectivity index is 0.907. The molecule has 4 aliphatic carbocycles. The van der Waals surface area contributed by atoms with Crippen LogP contribution in [0, 0.1) is 0 Å². The van der Waals surface area contributed by atoms with Gasteiger partial charge in [-0.3, -0.25) is 0 Å². The third kappa shape index (κ3) is 4.64. The standard InChI is InChI=1S/C58H41NO2/c1-57(2)45-21-10-6-17-40(45)43-32-29-37(35-50(43)57)36-27-30-39(31-28-36)59(38-15-4-3-5-16-38)51-25-14-26-52-55(51)60-53-34-33-49-54(56(53)61-52)44-20-9-13-24-48(44)58(49)46-22-11-7-18-41(46)42-19-8-12-23-47(42)58/h3-28,30-31,33-35H,29,32H2,1-2H3. The zero-order valence-electron chi connectivity index (χ0n) is 34.1. The first-order valence-corrected chi connectivity index (χ1v) is 21.5.